The van der Waals surface area contributed by atoms with Gasteiger partial charge in [-0.2, -0.15) is 0 Å². The van der Waals surface area contributed by atoms with Crippen LogP contribution in [0.25, 0.3) is 0 Å². The van der Waals surface area contributed by atoms with Crippen molar-refractivity contribution in [3.8, 4) is 5.75 Å². The third-order valence-electron chi connectivity index (χ3n) is 3.13. The highest BCUT2D eigenvalue weighted by molar-refractivity contribution is 5.83. The van der Waals surface area contributed by atoms with Crippen molar-refractivity contribution in [2.75, 3.05) is 19.8 Å². The van der Waals surface area contributed by atoms with Crippen LogP contribution in [0.2, 0.25) is 0 Å². The standard InChI is InChI=1S/C13H15NO5/c1-9-3-2-4-11(14(16)17)13(9)19-8-12(15)10-5-6-18-7-10/h2-4,10H,5-8H2,1H3. The van der Waals surface area contributed by atoms with Crippen LogP contribution in [0.4, 0.5) is 5.69 Å². The number of nitro benzene ring substituents is 1. The van der Waals surface area contributed by atoms with Gasteiger partial charge >= 0.3 is 5.69 Å². The summed E-state index contributed by atoms with van der Waals surface area (Å²) in [6.07, 6.45) is 0.693. The number of Topliss-reactive ketones (excluding diaryl/α,β-unsaturated/α-hetero) is 1. The van der Waals surface area contributed by atoms with Crippen LogP contribution in [0.3, 0.4) is 0 Å². The predicted octanol–water partition coefficient (Wildman–Crippen LogP) is 1.89. The minimum absolute atomic E-state index is 0.0740. The maximum Gasteiger partial charge on any atom is 0.311 e. The molecule has 6 heteroatoms. The molecule has 0 radical (unpaired) electrons. The Bertz CT molecular complexity index is 494. The second-order valence-corrected chi connectivity index (χ2v) is 4.50. The summed E-state index contributed by atoms with van der Waals surface area (Å²) >= 11 is 0. The molecule has 1 aromatic rings. The molecule has 1 saturated heterocycles. The second-order valence-electron chi connectivity index (χ2n) is 4.50. The molecule has 0 spiro atoms. The average molecular weight is 265 g/mol. The molecule has 1 heterocycles. The quantitative estimate of drug-likeness (QED) is 0.600. The molecule has 0 bridgehead atoms. The van der Waals surface area contributed by atoms with Gasteiger partial charge in [0.25, 0.3) is 0 Å². The molecule has 1 fully saturated rings. The number of nitro groups is 1. The Hall–Kier alpha value is -1.95. The minimum atomic E-state index is -0.508. The van der Waals surface area contributed by atoms with E-state index < -0.39 is 4.92 Å². The molecule has 19 heavy (non-hydrogen) atoms. The van der Waals surface area contributed by atoms with E-state index in [4.69, 9.17) is 9.47 Å². The summed E-state index contributed by atoms with van der Waals surface area (Å²) in [5.74, 6) is -0.0575. The van der Waals surface area contributed by atoms with Crippen molar-refractivity contribution in [1.29, 1.82) is 0 Å². The van der Waals surface area contributed by atoms with Crippen LogP contribution >= 0.6 is 0 Å². The van der Waals surface area contributed by atoms with Crippen molar-refractivity contribution >= 4 is 11.5 Å². The number of carbonyl (C=O) groups is 1. The van der Waals surface area contributed by atoms with Crippen molar-refractivity contribution in [3.63, 3.8) is 0 Å². The molecular formula is C13H15NO5. The molecule has 0 N–H and O–H groups in total. The van der Waals surface area contributed by atoms with Crippen LogP contribution in [-0.4, -0.2) is 30.5 Å². The van der Waals surface area contributed by atoms with E-state index in [1.165, 1.54) is 6.07 Å². The van der Waals surface area contributed by atoms with Gasteiger partial charge < -0.3 is 9.47 Å². The minimum Gasteiger partial charge on any atom is -0.479 e. The molecule has 1 atom stereocenters. The van der Waals surface area contributed by atoms with Crippen LogP contribution in [-0.2, 0) is 9.53 Å². The lowest BCUT2D eigenvalue weighted by atomic mass is 10.0. The van der Waals surface area contributed by atoms with Gasteiger partial charge in [0.2, 0.25) is 0 Å². The molecular weight excluding hydrogens is 250 g/mol. The number of hydrogen-bond acceptors (Lipinski definition) is 5. The Kier molecular flexibility index (Phi) is 4.11. The highest BCUT2D eigenvalue weighted by Crippen LogP contribution is 2.30. The SMILES string of the molecule is Cc1cccc([N+](=O)[O-])c1OCC(=O)C1CCOC1. The van der Waals surface area contributed by atoms with E-state index >= 15 is 0 Å². The van der Waals surface area contributed by atoms with Crippen molar-refractivity contribution in [1.82, 2.24) is 0 Å². The monoisotopic (exact) mass is 265 g/mol. The number of carbonyl (C=O) groups excluding carboxylic acids is 1. The topological polar surface area (TPSA) is 78.7 Å². The summed E-state index contributed by atoms with van der Waals surface area (Å²) in [5.41, 5.74) is 0.528. The highest BCUT2D eigenvalue weighted by atomic mass is 16.6. The Balaban J connectivity index is 2.06. The van der Waals surface area contributed by atoms with Crippen molar-refractivity contribution in [2.24, 2.45) is 5.92 Å². The largest absolute Gasteiger partial charge is 0.479 e. The fraction of sp³-hybridized carbons (Fsp3) is 0.462. The Morgan fingerprint density at radius 1 is 1.58 bits per heavy atom. The lowest BCUT2D eigenvalue weighted by Crippen LogP contribution is -2.22. The highest BCUT2D eigenvalue weighted by Gasteiger charge is 2.25. The normalized spacial score (nSPS) is 18.3. The third-order valence-corrected chi connectivity index (χ3v) is 3.13. The number of benzene rings is 1. The maximum absolute atomic E-state index is 11.8. The van der Waals surface area contributed by atoms with Crippen molar-refractivity contribution in [2.45, 2.75) is 13.3 Å². The summed E-state index contributed by atoms with van der Waals surface area (Å²) < 4.78 is 10.5. The van der Waals surface area contributed by atoms with E-state index in [0.717, 1.165) is 0 Å². The van der Waals surface area contributed by atoms with Gasteiger partial charge in [-0.3, -0.25) is 14.9 Å². The maximum atomic E-state index is 11.8. The zero-order valence-corrected chi connectivity index (χ0v) is 10.6. The molecule has 0 amide bonds. The zero-order chi connectivity index (χ0) is 13.8. The lowest BCUT2D eigenvalue weighted by molar-refractivity contribution is -0.385. The molecule has 6 nitrogen and oxygen atoms in total. The van der Waals surface area contributed by atoms with Crippen molar-refractivity contribution < 1.29 is 19.2 Å². The number of aryl methyl sites for hydroxylation is 1. The lowest BCUT2D eigenvalue weighted by Gasteiger charge is -2.10. The molecule has 1 aliphatic heterocycles. The van der Waals surface area contributed by atoms with E-state index in [-0.39, 0.29) is 29.7 Å². The van der Waals surface area contributed by atoms with E-state index in [1.54, 1.807) is 19.1 Å². The van der Waals surface area contributed by atoms with Gasteiger partial charge in [0.05, 0.1) is 11.5 Å². The fourth-order valence-corrected chi connectivity index (χ4v) is 2.02. The second kappa shape index (κ2) is 5.79. The van der Waals surface area contributed by atoms with Gasteiger partial charge in [-0.05, 0) is 18.9 Å². The van der Waals surface area contributed by atoms with Crippen LogP contribution in [0.15, 0.2) is 18.2 Å². The summed E-state index contributed by atoms with van der Waals surface area (Å²) in [6.45, 7) is 2.56. The molecule has 2 rings (SSSR count). The summed E-state index contributed by atoms with van der Waals surface area (Å²) in [4.78, 5) is 22.2. The van der Waals surface area contributed by atoms with Gasteiger partial charge in [0.1, 0.15) is 6.61 Å². The molecule has 0 saturated carbocycles. The smallest absolute Gasteiger partial charge is 0.311 e. The van der Waals surface area contributed by atoms with Crippen LogP contribution in [0.5, 0.6) is 5.75 Å². The fourth-order valence-electron chi connectivity index (χ4n) is 2.02. The Labute approximate surface area is 110 Å². The van der Waals surface area contributed by atoms with Crippen LogP contribution in [0.1, 0.15) is 12.0 Å². The van der Waals surface area contributed by atoms with E-state index in [9.17, 15) is 14.9 Å². The molecule has 0 aliphatic carbocycles. The van der Waals surface area contributed by atoms with E-state index in [0.29, 0.717) is 25.2 Å². The summed E-state index contributed by atoms with van der Waals surface area (Å²) in [6, 6.07) is 4.67. The van der Waals surface area contributed by atoms with E-state index in [2.05, 4.69) is 0 Å². The predicted molar refractivity (Wildman–Crippen MR) is 67.3 cm³/mol. The summed E-state index contributed by atoms with van der Waals surface area (Å²) in [5, 5.41) is 10.9. The first-order valence-corrected chi connectivity index (χ1v) is 6.07. The van der Waals surface area contributed by atoms with Gasteiger partial charge in [-0.25, -0.2) is 0 Å². The number of para-hydroxylation sites is 1. The molecule has 1 unspecified atom stereocenters. The van der Waals surface area contributed by atoms with Gasteiger partial charge in [0.15, 0.2) is 11.5 Å². The number of ketones is 1. The first kappa shape index (κ1) is 13.5. The van der Waals surface area contributed by atoms with Crippen LogP contribution < -0.4 is 4.74 Å². The number of rotatable bonds is 5. The van der Waals surface area contributed by atoms with Gasteiger partial charge in [-0.1, -0.05) is 12.1 Å². The van der Waals surface area contributed by atoms with Crippen LogP contribution in [0, 0.1) is 23.0 Å². The first-order valence-electron chi connectivity index (χ1n) is 6.07. The Morgan fingerprint density at radius 3 is 3.00 bits per heavy atom. The molecule has 1 aliphatic rings. The summed E-state index contributed by atoms with van der Waals surface area (Å²) in [7, 11) is 0. The molecule has 0 aromatic heterocycles. The van der Waals surface area contributed by atoms with Gasteiger partial charge in [-0.15, -0.1) is 0 Å². The first-order chi connectivity index (χ1) is 9.09. The third kappa shape index (κ3) is 3.08. The van der Waals surface area contributed by atoms with E-state index in [1.807, 2.05) is 0 Å². The van der Waals surface area contributed by atoms with Gasteiger partial charge in [0, 0.05) is 18.6 Å². The number of nitrogens with zero attached hydrogens (tertiary/aromatic N) is 1. The Morgan fingerprint density at radius 2 is 2.37 bits per heavy atom. The van der Waals surface area contributed by atoms with Crippen molar-refractivity contribution in [3.05, 3.63) is 33.9 Å². The number of ether oxygens (including phenoxy) is 2. The average Bonchev–Trinajstić information content (AvgIpc) is 2.90. The zero-order valence-electron chi connectivity index (χ0n) is 10.6. The molecule has 102 valence electrons. The number of hydrogen-bond donors (Lipinski definition) is 0. The molecule has 1 aromatic carbocycles.